The molecular weight excluding hydrogens is 760 g/mol. The van der Waals surface area contributed by atoms with Crippen molar-refractivity contribution in [2.75, 3.05) is 13.7 Å². The summed E-state index contributed by atoms with van der Waals surface area (Å²) in [6, 6.07) is 8.54. The van der Waals surface area contributed by atoms with Crippen molar-refractivity contribution < 1.29 is 46.0 Å². The number of methoxy groups -OCH3 is 1. The van der Waals surface area contributed by atoms with Gasteiger partial charge in [-0.2, -0.15) is 0 Å². The minimum absolute atomic E-state index is 0.0462. The monoisotopic (exact) mass is 802 g/mol. The second-order valence-corrected chi connectivity index (χ2v) is 17.8. The molecular formula is C40H43FN6O9S. The van der Waals surface area contributed by atoms with Gasteiger partial charge in [-0.05, 0) is 81.2 Å². The number of hydrogen-bond acceptors (Lipinski definition) is 11. The molecule has 4 aromatic rings. The summed E-state index contributed by atoms with van der Waals surface area (Å²) in [6.45, 7) is 1.46. The van der Waals surface area contributed by atoms with E-state index in [2.05, 4.69) is 20.5 Å². The first-order valence-corrected chi connectivity index (χ1v) is 20.6. The Bertz CT molecular complexity index is 2400. The number of amides is 4. The van der Waals surface area contributed by atoms with Crippen LogP contribution in [0.25, 0.3) is 21.7 Å². The Morgan fingerprint density at radius 2 is 1.86 bits per heavy atom. The number of hydrogen-bond donors (Lipinski definition) is 3. The number of fused-ring (bicyclic) bond motifs is 5. The molecule has 0 spiro atoms. The molecule has 0 bridgehead atoms. The molecule has 2 saturated carbocycles. The Morgan fingerprint density at radius 1 is 1.05 bits per heavy atom. The van der Waals surface area contributed by atoms with Gasteiger partial charge in [-0.15, -0.1) is 0 Å². The van der Waals surface area contributed by atoms with Crippen molar-refractivity contribution in [1.82, 2.24) is 30.4 Å². The van der Waals surface area contributed by atoms with E-state index in [4.69, 9.17) is 19.0 Å². The maximum absolute atomic E-state index is 14.6. The molecule has 4 heterocycles. The molecule has 0 radical (unpaired) electrons. The number of nitrogens with one attached hydrogen (secondary N) is 3. The van der Waals surface area contributed by atoms with E-state index >= 15 is 0 Å². The number of benzene rings is 2. The van der Waals surface area contributed by atoms with Crippen LogP contribution in [-0.2, 0) is 24.4 Å². The maximum atomic E-state index is 14.6. The Balaban J connectivity index is 1.14. The molecule has 2 aromatic heterocycles. The van der Waals surface area contributed by atoms with Crippen molar-refractivity contribution in [3.8, 4) is 11.6 Å². The summed E-state index contributed by atoms with van der Waals surface area (Å²) in [5, 5.41) is 10.9. The van der Waals surface area contributed by atoms with Crippen LogP contribution in [0, 0.1) is 11.7 Å². The molecule has 4 aliphatic rings. The van der Waals surface area contributed by atoms with E-state index in [1.807, 2.05) is 12.2 Å². The molecule has 2 aromatic carbocycles. The van der Waals surface area contributed by atoms with Crippen LogP contribution in [0.15, 0.2) is 65.3 Å². The summed E-state index contributed by atoms with van der Waals surface area (Å²) in [5.41, 5.74) is -1.10. The van der Waals surface area contributed by atoms with Gasteiger partial charge in [0, 0.05) is 35.2 Å². The Morgan fingerprint density at radius 3 is 2.61 bits per heavy atom. The van der Waals surface area contributed by atoms with E-state index in [-0.39, 0.29) is 37.4 Å². The van der Waals surface area contributed by atoms with Gasteiger partial charge in [-0.1, -0.05) is 30.2 Å². The van der Waals surface area contributed by atoms with Gasteiger partial charge >= 0.3 is 0 Å². The molecule has 3 N–H and O–H groups in total. The number of halogens is 1. The van der Waals surface area contributed by atoms with E-state index in [9.17, 15) is 32.0 Å². The van der Waals surface area contributed by atoms with Gasteiger partial charge in [-0.3, -0.25) is 23.9 Å². The zero-order chi connectivity index (χ0) is 40.1. The fourth-order valence-corrected chi connectivity index (χ4v) is 9.12. The lowest BCUT2D eigenvalue weighted by Gasteiger charge is -2.29. The van der Waals surface area contributed by atoms with Crippen LogP contribution in [0.5, 0.6) is 11.6 Å². The van der Waals surface area contributed by atoms with E-state index in [1.165, 1.54) is 36.4 Å². The number of nitrogens with zero attached hydrogens (tertiary/aromatic N) is 3. The van der Waals surface area contributed by atoms with Gasteiger partial charge in [0.15, 0.2) is 0 Å². The summed E-state index contributed by atoms with van der Waals surface area (Å²) < 4.78 is 59.1. The van der Waals surface area contributed by atoms with E-state index in [0.717, 1.165) is 12.8 Å². The molecule has 0 unspecified atom stereocenters. The second-order valence-electron chi connectivity index (χ2n) is 15.6. The van der Waals surface area contributed by atoms with Gasteiger partial charge in [0.1, 0.15) is 35.3 Å². The standard InChI is InChI=1S/C40H43FN6O9S/c1-39(15-16-39)57(52,53)46-38(51)40-21-23(40)8-6-4-3-5-7-9-30(43-35(49)33-14-17-42-56-33)37(50)47-22-26(20-32(47)34(48)45-40)55-36-28-12-10-24(41)18-29(28)27-13-11-25(54-2)19-31(27)44-36/h6,8,10-14,17-19,23,26,30,32H,3-5,7,9,15-16,20-22H2,1-2H3,(H,43,49)(H,45,48)(H,46,51)/b8-6-/t23-,26-,30+,32+,40-/m1/s1. The number of ether oxygens (including phenoxy) is 2. The first-order chi connectivity index (χ1) is 27.3. The molecule has 3 fully saturated rings. The molecule has 2 aliphatic heterocycles. The van der Waals surface area contributed by atoms with E-state index < -0.39 is 73.9 Å². The molecule has 17 heteroatoms. The van der Waals surface area contributed by atoms with Crippen LogP contribution in [0.3, 0.4) is 0 Å². The zero-order valence-electron chi connectivity index (χ0n) is 31.5. The number of aromatic nitrogens is 2. The smallest absolute Gasteiger partial charge is 0.290 e. The quantitative estimate of drug-likeness (QED) is 0.172. The highest BCUT2D eigenvalue weighted by Gasteiger charge is 2.63. The molecule has 8 rings (SSSR count). The Hall–Kier alpha value is -5.58. The molecule has 5 atom stereocenters. The van der Waals surface area contributed by atoms with Gasteiger partial charge in [0.05, 0.1) is 30.1 Å². The van der Waals surface area contributed by atoms with Gasteiger partial charge in [-0.25, -0.2) is 17.8 Å². The summed E-state index contributed by atoms with van der Waals surface area (Å²) in [4.78, 5) is 62.3. The van der Waals surface area contributed by atoms with Crippen molar-refractivity contribution in [2.24, 2.45) is 5.92 Å². The summed E-state index contributed by atoms with van der Waals surface area (Å²) in [5.74, 6) is -3.10. The van der Waals surface area contributed by atoms with Crippen LogP contribution in [0.4, 0.5) is 4.39 Å². The predicted molar refractivity (Wildman–Crippen MR) is 204 cm³/mol. The zero-order valence-corrected chi connectivity index (χ0v) is 32.3. The highest BCUT2D eigenvalue weighted by molar-refractivity contribution is 7.91. The highest BCUT2D eigenvalue weighted by Crippen LogP contribution is 2.47. The highest BCUT2D eigenvalue weighted by atomic mass is 32.2. The van der Waals surface area contributed by atoms with E-state index in [1.54, 1.807) is 31.2 Å². The van der Waals surface area contributed by atoms with Gasteiger partial charge in [0.25, 0.3) is 11.8 Å². The molecule has 15 nitrogen and oxygen atoms in total. The van der Waals surface area contributed by atoms with Crippen LogP contribution in [-0.4, -0.2) is 89.2 Å². The van der Waals surface area contributed by atoms with Crippen LogP contribution < -0.4 is 24.8 Å². The van der Waals surface area contributed by atoms with Crippen molar-refractivity contribution >= 4 is 55.3 Å². The average Bonchev–Trinajstić information content (AvgIpc) is 3.93. The Labute approximate surface area is 327 Å². The van der Waals surface area contributed by atoms with Crippen LogP contribution in [0.2, 0.25) is 0 Å². The van der Waals surface area contributed by atoms with Crippen LogP contribution in [0.1, 0.15) is 75.3 Å². The summed E-state index contributed by atoms with van der Waals surface area (Å²) in [7, 11) is -2.51. The Kier molecular flexibility index (Phi) is 9.90. The third-order valence-electron chi connectivity index (χ3n) is 11.6. The lowest BCUT2D eigenvalue weighted by atomic mass is 10.0. The number of carbonyl (C=O) groups excluding carboxylic acids is 4. The molecule has 2 aliphatic carbocycles. The summed E-state index contributed by atoms with van der Waals surface area (Å²) in [6.07, 6.45) is 8.15. The molecule has 57 heavy (non-hydrogen) atoms. The molecule has 1 saturated heterocycles. The number of carbonyl (C=O) groups is 4. The lowest BCUT2D eigenvalue weighted by molar-refractivity contribution is -0.141. The van der Waals surface area contributed by atoms with Crippen molar-refractivity contribution in [1.29, 1.82) is 0 Å². The topological polar surface area (TPSA) is 199 Å². The maximum Gasteiger partial charge on any atom is 0.290 e. The predicted octanol–water partition coefficient (Wildman–Crippen LogP) is 4.06. The number of rotatable bonds is 8. The minimum atomic E-state index is -4.03. The molecule has 4 amide bonds. The SMILES string of the molecule is COc1ccc2c(c1)nc(O[C@@H]1C[C@H]3C(=O)N[C@]4(C(=O)NS(=O)(=O)C5(C)CC5)C[C@H]4/C=C\CCCCC[C@H](NC(=O)c4ccno4)C(=O)N3C1)c1ccc(F)cc12. The lowest BCUT2D eigenvalue weighted by Crippen LogP contribution is -2.58. The van der Waals surface area contributed by atoms with Gasteiger partial charge in [0.2, 0.25) is 33.5 Å². The molecule has 300 valence electrons. The number of allylic oxidation sites excluding steroid dienone is 1. The average molecular weight is 803 g/mol. The minimum Gasteiger partial charge on any atom is -0.497 e. The summed E-state index contributed by atoms with van der Waals surface area (Å²) >= 11 is 0. The fraction of sp³-hybridized carbons (Fsp3) is 0.450. The third kappa shape index (κ3) is 7.40. The fourth-order valence-electron chi connectivity index (χ4n) is 7.81. The normalized spacial score (nSPS) is 26.6. The second kappa shape index (κ2) is 14.7. The first kappa shape index (κ1) is 38.3. The van der Waals surface area contributed by atoms with Crippen molar-refractivity contribution in [2.45, 2.75) is 93.2 Å². The third-order valence-corrected chi connectivity index (χ3v) is 13.8. The largest absolute Gasteiger partial charge is 0.497 e. The number of pyridine rings is 1. The van der Waals surface area contributed by atoms with Crippen LogP contribution >= 0.6 is 0 Å². The number of sulfonamides is 1. The van der Waals surface area contributed by atoms with Crippen molar-refractivity contribution in [3.63, 3.8) is 0 Å². The van der Waals surface area contributed by atoms with Crippen molar-refractivity contribution in [3.05, 3.63) is 72.4 Å². The van der Waals surface area contributed by atoms with Gasteiger partial charge < -0.3 is 29.5 Å². The van der Waals surface area contributed by atoms with E-state index in [0.29, 0.717) is 53.1 Å². The first-order valence-electron chi connectivity index (χ1n) is 19.1.